The van der Waals surface area contributed by atoms with Crippen LogP contribution >= 0.6 is 0 Å². The number of hydrogen-bond acceptors (Lipinski definition) is 8. The van der Waals surface area contributed by atoms with Crippen LogP contribution in [0.25, 0.3) is 6.08 Å². The van der Waals surface area contributed by atoms with Crippen molar-refractivity contribution in [3.8, 4) is 5.75 Å². The predicted molar refractivity (Wildman–Crippen MR) is 171 cm³/mol. The molecule has 3 aromatic carbocycles. The Kier molecular flexibility index (Phi) is 13.0. The minimum Gasteiger partial charge on any atom is -0.466 e. The zero-order valence-electron chi connectivity index (χ0n) is 25.8. The molecule has 0 aliphatic carbocycles. The second-order valence-electron chi connectivity index (χ2n) is 10.1. The van der Waals surface area contributed by atoms with Gasteiger partial charge in [0, 0.05) is 30.5 Å². The van der Waals surface area contributed by atoms with Crippen molar-refractivity contribution in [2.75, 3.05) is 19.8 Å². The Balaban J connectivity index is 1.81. The molecule has 0 spiro atoms. The van der Waals surface area contributed by atoms with Crippen molar-refractivity contribution in [1.29, 1.82) is 5.41 Å². The van der Waals surface area contributed by atoms with E-state index in [-0.39, 0.29) is 50.3 Å². The van der Waals surface area contributed by atoms with E-state index in [1.165, 1.54) is 4.90 Å². The van der Waals surface area contributed by atoms with Crippen molar-refractivity contribution in [1.82, 2.24) is 4.90 Å². The summed E-state index contributed by atoms with van der Waals surface area (Å²) in [5.74, 6) is -1.63. The van der Waals surface area contributed by atoms with E-state index in [0.29, 0.717) is 34.4 Å². The topological polar surface area (TPSA) is 149 Å². The third-order valence-corrected chi connectivity index (χ3v) is 6.80. The highest BCUT2D eigenvalue weighted by atomic mass is 16.5. The summed E-state index contributed by atoms with van der Waals surface area (Å²) >= 11 is 0. The van der Waals surface area contributed by atoms with Crippen LogP contribution in [0.2, 0.25) is 0 Å². The molecular formula is C35H39N3O7. The maximum Gasteiger partial charge on any atom is 0.343 e. The highest BCUT2D eigenvalue weighted by Gasteiger charge is 2.32. The molecule has 0 aliphatic heterocycles. The SMILES string of the molecule is CCOC(=O)CCCN(C(=O)C(C)=Cc1ccc(C(=O)Oc2ccc(C(=N)N)cc2)cc1)[C@@H](Cc1ccccc1)C(=O)OCC. The number of hydrogen-bond donors (Lipinski definition) is 2. The molecule has 0 heterocycles. The van der Waals surface area contributed by atoms with Gasteiger partial charge in [0.25, 0.3) is 0 Å². The molecule has 0 radical (unpaired) electrons. The molecule has 1 atom stereocenters. The van der Waals surface area contributed by atoms with Crippen LogP contribution in [0.15, 0.2) is 84.4 Å². The summed E-state index contributed by atoms with van der Waals surface area (Å²) in [7, 11) is 0. The maximum absolute atomic E-state index is 13.9. The molecule has 3 N–H and O–H groups in total. The van der Waals surface area contributed by atoms with Crippen LogP contribution in [0.4, 0.5) is 0 Å². The number of nitrogens with one attached hydrogen (secondary N) is 1. The Labute approximate surface area is 263 Å². The fourth-order valence-corrected chi connectivity index (χ4v) is 4.54. The molecule has 10 nitrogen and oxygen atoms in total. The molecule has 0 bridgehead atoms. The smallest absolute Gasteiger partial charge is 0.343 e. The third kappa shape index (κ3) is 10.5. The van der Waals surface area contributed by atoms with Crippen molar-refractivity contribution in [3.05, 3.63) is 107 Å². The number of nitrogens with two attached hydrogens (primary N) is 1. The Bertz CT molecular complexity index is 1500. The molecule has 0 unspecified atom stereocenters. The number of carbonyl (C=O) groups is 4. The summed E-state index contributed by atoms with van der Waals surface area (Å²) < 4.78 is 15.8. The third-order valence-electron chi connectivity index (χ3n) is 6.80. The molecular weight excluding hydrogens is 574 g/mol. The highest BCUT2D eigenvalue weighted by molar-refractivity contribution is 6.00. The lowest BCUT2D eigenvalue weighted by molar-refractivity contribution is -0.154. The Morgan fingerprint density at radius 1 is 0.867 bits per heavy atom. The second kappa shape index (κ2) is 17.1. The zero-order chi connectivity index (χ0) is 32.8. The van der Waals surface area contributed by atoms with Crippen LogP contribution in [-0.4, -0.2) is 60.4 Å². The van der Waals surface area contributed by atoms with Crippen molar-refractivity contribution >= 4 is 35.7 Å². The van der Waals surface area contributed by atoms with Gasteiger partial charge >= 0.3 is 17.9 Å². The first-order valence-electron chi connectivity index (χ1n) is 14.7. The van der Waals surface area contributed by atoms with Gasteiger partial charge in [-0.3, -0.25) is 15.0 Å². The lowest BCUT2D eigenvalue weighted by Crippen LogP contribution is -2.48. The number of rotatable bonds is 15. The molecule has 0 aromatic heterocycles. The van der Waals surface area contributed by atoms with Gasteiger partial charge < -0.3 is 24.8 Å². The minimum absolute atomic E-state index is 0.0855. The Hall–Kier alpha value is -5.25. The van der Waals surface area contributed by atoms with Crippen LogP contribution < -0.4 is 10.5 Å². The first-order chi connectivity index (χ1) is 21.6. The minimum atomic E-state index is -0.910. The standard InChI is InChI=1S/C35H39N3O7/c1-4-43-31(39)12-9-21-38(30(35(42)44-5-2)23-25-10-7-6-8-11-25)33(40)24(3)22-26-13-15-28(16-14-26)34(41)45-29-19-17-27(18-20-29)32(36)37/h6-8,10-11,13-20,22,30H,4-5,9,12,21,23H2,1-3H3,(H3,36,37)/t30-/m0/s1. The number of nitrogens with zero attached hydrogens (tertiary/aromatic N) is 1. The highest BCUT2D eigenvalue weighted by Crippen LogP contribution is 2.19. The van der Waals surface area contributed by atoms with Gasteiger partial charge in [0.05, 0.1) is 18.8 Å². The number of ether oxygens (including phenoxy) is 3. The molecule has 3 aromatic rings. The van der Waals surface area contributed by atoms with Crippen molar-refractivity contribution in [2.24, 2.45) is 5.73 Å². The average Bonchev–Trinajstić information content (AvgIpc) is 3.03. The van der Waals surface area contributed by atoms with E-state index in [0.717, 1.165) is 5.56 Å². The van der Waals surface area contributed by atoms with Crippen molar-refractivity contribution in [3.63, 3.8) is 0 Å². The zero-order valence-corrected chi connectivity index (χ0v) is 25.8. The second-order valence-corrected chi connectivity index (χ2v) is 10.1. The lowest BCUT2D eigenvalue weighted by atomic mass is 10.0. The van der Waals surface area contributed by atoms with E-state index < -0.39 is 18.0 Å². The van der Waals surface area contributed by atoms with E-state index in [1.54, 1.807) is 75.4 Å². The molecule has 45 heavy (non-hydrogen) atoms. The number of carbonyl (C=O) groups excluding carboxylic acids is 4. The fourth-order valence-electron chi connectivity index (χ4n) is 4.54. The molecule has 0 saturated heterocycles. The van der Waals surface area contributed by atoms with Gasteiger partial charge in [-0.2, -0.15) is 0 Å². The van der Waals surface area contributed by atoms with Gasteiger partial charge in [-0.25, -0.2) is 9.59 Å². The maximum atomic E-state index is 13.9. The fraction of sp³-hybridized carbons (Fsp3) is 0.286. The molecule has 0 saturated carbocycles. The van der Waals surface area contributed by atoms with E-state index in [2.05, 4.69) is 0 Å². The van der Waals surface area contributed by atoms with Crippen molar-refractivity contribution < 1.29 is 33.4 Å². The number of amidine groups is 1. The van der Waals surface area contributed by atoms with Crippen molar-refractivity contribution in [2.45, 2.75) is 46.1 Å². The van der Waals surface area contributed by atoms with Crippen LogP contribution in [0.1, 0.15) is 60.7 Å². The Morgan fingerprint density at radius 2 is 1.49 bits per heavy atom. The van der Waals surface area contributed by atoms with Crippen LogP contribution in [-0.2, 0) is 30.3 Å². The van der Waals surface area contributed by atoms with Gasteiger partial charge in [-0.15, -0.1) is 0 Å². The summed E-state index contributed by atoms with van der Waals surface area (Å²) in [5, 5.41) is 7.47. The lowest BCUT2D eigenvalue weighted by Gasteiger charge is -2.31. The summed E-state index contributed by atoms with van der Waals surface area (Å²) in [5.41, 5.74) is 8.15. The molecule has 3 rings (SSSR count). The van der Waals surface area contributed by atoms with Gasteiger partial charge in [-0.05, 0) is 80.8 Å². The summed E-state index contributed by atoms with van der Waals surface area (Å²) in [6, 6.07) is 21.3. The number of esters is 3. The van der Waals surface area contributed by atoms with Crippen LogP contribution in [0.5, 0.6) is 5.75 Å². The first-order valence-corrected chi connectivity index (χ1v) is 14.7. The van der Waals surface area contributed by atoms with E-state index >= 15 is 0 Å². The molecule has 1 amide bonds. The van der Waals surface area contributed by atoms with E-state index in [1.807, 2.05) is 30.3 Å². The molecule has 236 valence electrons. The van der Waals surface area contributed by atoms with Gasteiger partial charge in [0.15, 0.2) is 0 Å². The number of nitrogen functional groups attached to an aromatic ring is 1. The monoisotopic (exact) mass is 613 g/mol. The normalized spacial score (nSPS) is 11.7. The van der Waals surface area contributed by atoms with Gasteiger partial charge in [0.1, 0.15) is 17.6 Å². The van der Waals surface area contributed by atoms with E-state index in [9.17, 15) is 19.2 Å². The van der Waals surface area contributed by atoms with Gasteiger partial charge in [0.2, 0.25) is 5.91 Å². The summed E-state index contributed by atoms with van der Waals surface area (Å²) in [6.07, 6.45) is 2.31. The van der Waals surface area contributed by atoms with Gasteiger partial charge in [-0.1, -0.05) is 42.5 Å². The molecule has 10 heteroatoms. The van der Waals surface area contributed by atoms with Crippen LogP contribution in [0.3, 0.4) is 0 Å². The summed E-state index contributed by atoms with van der Waals surface area (Å²) in [6.45, 7) is 5.63. The predicted octanol–water partition coefficient (Wildman–Crippen LogP) is 4.94. The average molecular weight is 614 g/mol. The molecule has 0 fully saturated rings. The first kappa shape index (κ1) is 34.2. The number of amides is 1. The largest absolute Gasteiger partial charge is 0.466 e. The van der Waals surface area contributed by atoms with Crippen LogP contribution in [0, 0.1) is 5.41 Å². The number of benzene rings is 3. The summed E-state index contributed by atoms with van der Waals surface area (Å²) in [4.78, 5) is 53.2. The Morgan fingerprint density at radius 3 is 2.09 bits per heavy atom. The van der Waals surface area contributed by atoms with E-state index in [4.69, 9.17) is 25.4 Å². The quantitative estimate of drug-likeness (QED) is 0.0805. The molecule has 0 aliphatic rings.